The maximum Gasteiger partial charge on any atom is 0.00988 e. The van der Waals surface area contributed by atoms with Crippen molar-refractivity contribution in [1.29, 1.82) is 0 Å². The molecule has 2 fully saturated rings. The predicted octanol–water partition coefficient (Wildman–Crippen LogP) is 1.35. The zero-order valence-electron chi connectivity index (χ0n) is 6.30. The van der Waals surface area contributed by atoms with Gasteiger partial charge >= 0.3 is 0 Å². The third-order valence-corrected chi connectivity index (χ3v) is 3.20. The van der Waals surface area contributed by atoms with E-state index in [0.717, 1.165) is 17.9 Å². The predicted molar refractivity (Wildman–Crippen MR) is 38.3 cm³/mol. The van der Waals surface area contributed by atoms with Crippen molar-refractivity contribution in [3.63, 3.8) is 0 Å². The molecule has 0 aromatic rings. The van der Waals surface area contributed by atoms with Gasteiger partial charge in [-0.15, -0.1) is 0 Å². The number of hydrogen-bond donors (Lipinski definition) is 0. The van der Waals surface area contributed by atoms with Crippen LogP contribution in [0.3, 0.4) is 0 Å². The Labute approximate surface area is 57.0 Å². The van der Waals surface area contributed by atoms with E-state index in [1.807, 2.05) is 0 Å². The highest BCUT2D eigenvalue weighted by atomic mass is 15.2. The molecule has 0 spiro atoms. The molecule has 2 rings (SSSR count). The number of hydrogen-bond acceptors (Lipinski definition) is 1. The van der Waals surface area contributed by atoms with E-state index in [0.29, 0.717) is 0 Å². The average Bonchev–Trinajstić information content (AvgIpc) is 2.25. The Balaban J connectivity index is 2.16. The molecule has 0 aromatic carbocycles. The van der Waals surface area contributed by atoms with E-state index in [4.69, 9.17) is 0 Å². The summed E-state index contributed by atoms with van der Waals surface area (Å²) in [4.78, 5) is 2.62. The van der Waals surface area contributed by atoms with Crippen LogP contribution < -0.4 is 0 Å². The highest BCUT2D eigenvalue weighted by Gasteiger charge is 2.41. The van der Waals surface area contributed by atoms with Gasteiger partial charge in [0.2, 0.25) is 0 Å². The average molecular weight is 125 g/mol. The normalized spacial score (nSPS) is 56.7. The van der Waals surface area contributed by atoms with Gasteiger partial charge in [0.15, 0.2) is 0 Å². The standard InChI is InChI=1S/C8H15N/c1-6-5-9-4-3-8(6)7(9)2/h6-8H,3-5H2,1-2H3. The monoisotopic (exact) mass is 125 g/mol. The van der Waals surface area contributed by atoms with Gasteiger partial charge < -0.3 is 4.90 Å². The summed E-state index contributed by atoms with van der Waals surface area (Å²) < 4.78 is 0. The zero-order chi connectivity index (χ0) is 6.43. The van der Waals surface area contributed by atoms with Crippen LogP contribution in [-0.4, -0.2) is 24.0 Å². The Kier molecular flexibility index (Phi) is 1.10. The second-order valence-electron chi connectivity index (χ2n) is 3.67. The summed E-state index contributed by atoms with van der Waals surface area (Å²) in [5, 5.41) is 0. The lowest BCUT2D eigenvalue weighted by Gasteiger charge is -2.16. The SMILES string of the molecule is CC1CN2CCC1C2C. The topological polar surface area (TPSA) is 3.24 Å². The second kappa shape index (κ2) is 1.72. The molecule has 0 aliphatic carbocycles. The van der Waals surface area contributed by atoms with E-state index in [1.54, 1.807) is 0 Å². The van der Waals surface area contributed by atoms with Gasteiger partial charge in [0.25, 0.3) is 0 Å². The van der Waals surface area contributed by atoms with Crippen LogP contribution in [0.1, 0.15) is 20.3 Å². The molecule has 2 aliphatic heterocycles. The van der Waals surface area contributed by atoms with Crippen LogP contribution in [0.25, 0.3) is 0 Å². The van der Waals surface area contributed by atoms with Crippen LogP contribution in [0.4, 0.5) is 0 Å². The Morgan fingerprint density at radius 1 is 1.33 bits per heavy atom. The van der Waals surface area contributed by atoms with E-state index < -0.39 is 0 Å². The molecule has 0 radical (unpaired) electrons. The summed E-state index contributed by atoms with van der Waals surface area (Å²) >= 11 is 0. The highest BCUT2D eigenvalue weighted by molar-refractivity contribution is 4.94. The van der Waals surface area contributed by atoms with Crippen LogP contribution in [0.5, 0.6) is 0 Å². The van der Waals surface area contributed by atoms with Gasteiger partial charge in [-0.2, -0.15) is 0 Å². The third kappa shape index (κ3) is 0.644. The first-order chi connectivity index (χ1) is 4.29. The number of piperidine rings is 1. The molecule has 0 N–H and O–H groups in total. The first-order valence-corrected chi connectivity index (χ1v) is 4.03. The maximum absolute atomic E-state index is 2.62. The van der Waals surface area contributed by atoms with Crippen LogP contribution in [-0.2, 0) is 0 Å². The van der Waals surface area contributed by atoms with Crippen molar-refractivity contribution in [3.8, 4) is 0 Å². The minimum absolute atomic E-state index is 0.903. The molecule has 0 amide bonds. The van der Waals surface area contributed by atoms with Gasteiger partial charge in [0.05, 0.1) is 0 Å². The summed E-state index contributed by atoms with van der Waals surface area (Å²) in [6, 6.07) is 0.903. The van der Waals surface area contributed by atoms with E-state index in [-0.39, 0.29) is 0 Å². The first kappa shape index (κ1) is 5.72. The quantitative estimate of drug-likeness (QED) is 0.472. The van der Waals surface area contributed by atoms with Gasteiger partial charge in [0.1, 0.15) is 0 Å². The summed E-state index contributed by atoms with van der Waals surface area (Å²) in [7, 11) is 0. The molecule has 9 heavy (non-hydrogen) atoms. The van der Waals surface area contributed by atoms with Gasteiger partial charge in [-0.3, -0.25) is 0 Å². The van der Waals surface area contributed by atoms with Crippen molar-refractivity contribution in [2.45, 2.75) is 26.3 Å². The number of fused-ring (bicyclic) bond motifs is 2. The van der Waals surface area contributed by atoms with Crippen molar-refractivity contribution in [2.75, 3.05) is 13.1 Å². The fourth-order valence-corrected chi connectivity index (χ4v) is 2.55. The molecule has 4 unspecified atom stereocenters. The van der Waals surface area contributed by atoms with Gasteiger partial charge in [-0.25, -0.2) is 0 Å². The molecule has 1 heteroatoms. The molecule has 2 bridgehead atoms. The maximum atomic E-state index is 2.62. The largest absolute Gasteiger partial charge is 0.300 e. The molecular weight excluding hydrogens is 110 g/mol. The summed E-state index contributed by atoms with van der Waals surface area (Å²) in [5.41, 5.74) is 0. The Bertz CT molecular complexity index is 122. The third-order valence-electron chi connectivity index (χ3n) is 3.20. The Morgan fingerprint density at radius 2 is 2.11 bits per heavy atom. The van der Waals surface area contributed by atoms with Gasteiger partial charge in [-0.05, 0) is 31.7 Å². The molecule has 2 aliphatic rings. The fraction of sp³-hybridized carbons (Fsp3) is 1.00. The van der Waals surface area contributed by atoms with E-state index in [2.05, 4.69) is 18.7 Å². The lowest BCUT2D eigenvalue weighted by molar-refractivity contribution is 0.296. The minimum atomic E-state index is 0.903. The van der Waals surface area contributed by atoms with E-state index in [9.17, 15) is 0 Å². The molecule has 4 atom stereocenters. The van der Waals surface area contributed by atoms with Crippen molar-refractivity contribution in [3.05, 3.63) is 0 Å². The number of nitrogens with zero attached hydrogens (tertiary/aromatic N) is 1. The lowest BCUT2D eigenvalue weighted by atomic mass is 9.91. The smallest absolute Gasteiger partial charge is 0.00988 e. The van der Waals surface area contributed by atoms with Crippen molar-refractivity contribution < 1.29 is 0 Å². The lowest BCUT2D eigenvalue weighted by Crippen LogP contribution is -2.23. The summed E-state index contributed by atoms with van der Waals surface area (Å²) in [5.74, 6) is 2.01. The van der Waals surface area contributed by atoms with Gasteiger partial charge in [-0.1, -0.05) is 6.92 Å². The van der Waals surface area contributed by atoms with Crippen LogP contribution in [0.2, 0.25) is 0 Å². The molecule has 1 nitrogen and oxygen atoms in total. The van der Waals surface area contributed by atoms with Crippen molar-refractivity contribution >= 4 is 0 Å². The van der Waals surface area contributed by atoms with Crippen LogP contribution in [0.15, 0.2) is 0 Å². The molecule has 0 aromatic heterocycles. The summed E-state index contributed by atoms with van der Waals surface area (Å²) in [6.07, 6.45) is 1.46. The first-order valence-electron chi connectivity index (χ1n) is 4.03. The molecule has 2 saturated heterocycles. The fourth-order valence-electron chi connectivity index (χ4n) is 2.55. The molecule has 52 valence electrons. The minimum Gasteiger partial charge on any atom is -0.300 e. The Morgan fingerprint density at radius 3 is 2.33 bits per heavy atom. The summed E-state index contributed by atoms with van der Waals surface area (Å²) in [6.45, 7) is 7.50. The molecular formula is C8H15N. The zero-order valence-corrected chi connectivity index (χ0v) is 6.30. The van der Waals surface area contributed by atoms with Crippen LogP contribution >= 0.6 is 0 Å². The molecule has 0 saturated carbocycles. The van der Waals surface area contributed by atoms with E-state index >= 15 is 0 Å². The highest BCUT2D eigenvalue weighted by Crippen LogP contribution is 2.37. The Hall–Kier alpha value is -0.0400. The molecule has 2 heterocycles. The van der Waals surface area contributed by atoms with Crippen molar-refractivity contribution in [1.82, 2.24) is 4.90 Å². The van der Waals surface area contributed by atoms with Gasteiger partial charge in [0, 0.05) is 12.6 Å². The number of rotatable bonds is 0. The van der Waals surface area contributed by atoms with E-state index in [1.165, 1.54) is 19.5 Å². The van der Waals surface area contributed by atoms with Crippen molar-refractivity contribution in [2.24, 2.45) is 11.8 Å². The van der Waals surface area contributed by atoms with Crippen LogP contribution in [0, 0.1) is 11.8 Å². The second-order valence-corrected chi connectivity index (χ2v) is 3.67.